The van der Waals surface area contributed by atoms with E-state index in [9.17, 15) is 14.0 Å². The predicted molar refractivity (Wildman–Crippen MR) is 98.8 cm³/mol. The molecular weight excluding hydrogens is 357 g/mol. The Morgan fingerprint density at radius 3 is 2.81 bits per heavy atom. The number of carbonyl (C=O) groups excluding carboxylic acids is 2. The van der Waals surface area contributed by atoms with Gasteiger partial charge in [0, 0.05) is 37.3 Å². The van der Waals surface area contributed by atoms with E-state index >= 15 is 0 Å². The molecule has 0 aliphatic carbocycles. The third-order valence-corrected chi connectivity index (χ3v) is 4.49. The van der Waals surface area contributed by atoms with Gasteiger partial charge in [0.05, 0.1) is 11.6 Å². The number of amides is 2. The van der Waals surface area contributed by atoms with Crippen LogP contribution < -0.4 is 10.6 Å². The SMILES string of the molecule is CC(=O)Nc1ccc(F)c(C(=O)N2CCNCC2c2cccc(Cl)c2)c1. The van der Waals surface area contributed by atoms with E-state index in [0.717, 1.165) is 5.56 Å². The number of nitrogens with one attached hydrogen (secondary N) is 2. The van der Waals surface area contributed by atoms with Crippen LogP contribution in [-0.4, -0.2) is 36.3 Å². The Hall–Kier alpha value is -2.44. The standard InChI is InChI=1S/C19H19ClFN3O2/c1-12(25)23-15-5-6-17(21)16(10-15)19(26)24-8-7-22-11-18(24)13-3-2-4-14(20)9-13/h2-6,9-10,18,22H,7-8,11H2,1H3,(H,23,25). The van der Waals surface area contributed by atoms with E-state index in [4.69, 9.17) is 11.6 Å². The number of rotatable bonds is 3. The van der Waals surface area contributed by atoms with Gasteiger partial charge in [0.25, 0.3) is 5.91 Å². The van der Waals surface area contributed by atoms with Crippen LogP contribution in [-0.2, 0) is 4.79 Å². The van der Waals surface area contributed by atoms with Gasteiger partial charge < -0.3 is 15.5 Å². The van der Waals surface area contributed by atoms with Gasteiger partial charge in [0.1, 0.15) is 5.82 Å². The Bertz CT molecular complexity index is 843. The van der Waals surface area contributed by atoms with E-state index in [1.54, 1.807) is 11.0 Å². The summed E-state index contributed by atoms with van der Waals surface area (Å²) in [5, 5.41) is 6.41. The smallest absolute Gasteiger partial charge is 0.257 e. The van der Waals surface area contributed by atoms with Crippen molar-refractivity contribution in [2.24, 2.45) is 0 Å². The van der Waals surface area contributed by atoms with E-state index in [1.165, 1.54) is 25.1 Å². The fourth-order valence-corrected chi connectivity index (χ4v) is 3.28. The first-order valence-electron chi connectivity index (χ1n) is 8.30. The fourth-order valence-electron chi connectivity index (χ4n) is 3.08. The summed E-state index contributed by atoms with van der Waals surface area (Å²) < 4.78 is 14.3. The van der Waals surface area contributed by atoms with Crippen molar-refractivity contribution >= 4 is 29.1 Å². The Kier molecular flexibility index (Phi) is 5.54. The molecule has 1 heterocycles. The Morgan fingerprint density at radius 2 is 2.08 bits per heavy atom. The summed E-state index contributed by atoms with van der Waals surface area (Å²) in [4.78, 5) is 25.9. The average molecular weight is 376 g/mol. The Labute approximate surface area is 156 Å². The van der Waals surface area contributed by atoms with E-state index in [2.05, 4.69) is 10.6 Å². The first-order valence-corrected chi connectivity index (χ1v) is 8.68. The highest BCUT2D eigenvalue weighted by Gasteiger charge is 2.30. The summed E-state index contributed by atoms with van der Waals surface area (Å²) in [5.74, 6) is -1.32. The monoisotopic (exact) mass is 375 g/mol. The Balaban J connectivity index is 1.93. The summed E-state index contributed by atoms with van der Waals surface area (Å²) in [6, 6.07) is 11.0. The summed E-state index contributed by atoms with van der Waals surface area (Å²) in [6.45, 7) is 2.98. The number of benzene rings is 2. The predicted octanol–water partition coefficient (Wildman–Crippen LogP) is 3.22. The lowest BCUT2D eigenvalue weighted by Crippen LogP contribution is -2.48. The van der Waals surface area contributed by atoms with Crippen molar-refractivity contribution in [3.63, 3.8) is 0 Å². The molecule has 3 rings (SSSR count). The number of piperazine rings is 1. The van der Waals surface area contributed by atoms with Crippen LogP contribution in [0.3, 0.4) is 0 Å². The van der Waals surface area contributed by atoms with Crippen molar-refractivity contribution in [1.82, 2.24) is 10.2 Å². The molecule has 1 aliphatic heterocycles. The molecule has 1 saturated heterocycles. The zero-order chi connectivity index (χ0) is 18.7. The van der Waals surface area contributed by atoms with Gasteiger partial charge >= 0.3 is 0 Å². The topological polar surface area (TPSA) is 61.4 Å². The lowest BCUT2D eigenvalue weighted by Gasteiger charge is -2.36. The molecule has 1 aliphatic rings. The van der Waals surface area contributed by atoms with Crippen LogP contribution in [0.25, 0.3) is 0 Å². The zero-order valence-corrected chi connectivity index (χ0v) is 15.0. The first-order chi connectivity index (χ1) is 12.5. The zero-order valence-electron chi connectivity index (χ0n) is 14.3. The minimum atomic E-state index is -0.618. The highest BCUT2D eigenvalue weighted by atomic mass is 35.5. The van der Waals surface area contributed by atoms with Crippen molar-refractivity contribution in [3.8, 4) is 0 Å². The van der Waals surface area contributed by atoms with Crippen molar-refractivity contribution in [3.05, 3.63) is 64.4 Å². The second kappa shape index (κ2) is 7.85. The van der Waals surface area contributed by atoms with Crippen LogP contribution in [0, 0.1) is 5.82 Å². The number of halogens is 2. The van der Waals surface area contributed by atoms with Crippen LogP contribution in [0.5, 0.6) is 0 Å². The minimum absolute atomic E-state index is 0.0646. The second-order valence-corrected chi connectivity index (χ2v) is 6.59. The molecule has 0 spiro atoms. The molecule has 1 fully saturated rings. The molecule has 26 heavy (non-hydrogen) atoms. The van der Waals surface area contributed by atoms with Gasteiger partial charge in [-0.1, -0.05) is 23.7 Å². The van der Waals surface area contributed by atoms with Gasteiger partial charge in [0.2, 0.25) is 5.91 Å². The number of carbonyl (C=O) groups is 2. The summed E-state index contributed by atoms with van der Waals surface area (Å²) in [5.41, 5.74) is 1.21. The van der Waals surface area contributed by atoms with Crippen molar-refractivity contribution < 1.29 is 14.0 Å². The maximum Gasteiger partial charge on any atom is 0.257 e. The highest BCUT2D eigenvalue weighted by Crippen LogP contribution is 2.27. The van der Waals surface area contributed by atoms with Crippen LogP contribution in [0.15, 0.2) is 42.5 Å². The third kappa shape index (κ3) is 4.03. The summed E-state index contributed by atoms with van der Waals surface area (Å²) in [6.07, 6.45) is 0. The molecule has 1 atom stereocenters. The normalized spacial score (nSPS) is 17.0. The van der Waals surface area contributed by atoms with Crippen LogP contribution >= 0.6 is 11.6 Å². The molecular formula is C19H19ClFN3O2. The Morgan fingerprint density at radius 1 is 1.27 bits per heavy atom. The molecule has 0 bridgehead atoms. The molecule has 7 heteroatoms. The quantitative estimate of drug-likeness (QED) is 0.865. The molecule has 2 aromatic rings. The molecule has 136 valence electrons. The van der Waals surface area contributed by atoms with E-state index in [-0.39, 0.29) is 17.5 Å². The van der Waals surface area contributed by atoms with Crippen LogP contribution in [0.2, 0.25) is 5.02 Å². The van der Waals surface area contributed by atoms with E-state index in [0.29, 0.717) is 30.3 Å². The highest BCUT2D eigenvalue weighted by molar-refractivity contribution is 6.30. The molecule has 1 unspecified atom stereocenters. The molecule has 0 aromatic heterocycles. The number of nitrogens with zero attached hydrogens (tertiary/aromatic N) is 1. The largest absolute Gasteiger partial charge is 0.329 e. The maximum absolute atomic E-state index is 14.3. The lowest BCUT2D eigenvalue weighted by atomic mass is 10.0. The van der Waals surface area contributed by atoms with Crippen molar-refractivity contribution in [2.75, 3.05) is 25.0 Å². The molecule has 0 saturated carbocycles. The molecule has 0 radical (unpaired) electrons. The van der Waals surface area contributed by atoms with E-state index < -0.39 is 11.7 Å². The number of anilines is 1. The summed E-state index contributed by atoms with van der Waals surface area (Å²) in [7, 11) is 0. The van der Waals surface area contributed by atoms with Gasteiger partial charge in [-0.25, -0.2) is 4.39 Å². The maximum atomic E-state index is 14.3. The van der Waals surface area contributed by atoms with Gasteiger partial charge in [-0.05, 0) is 35.9 Å². The average Bonchev–Trinajstić information content (AvgIpc) is 2.62. The molecule has 2 amide bonds. The van der Waals surface area contributed by atoms with Crippen LogP contribution in [0.1, 0.15) is 28.9 Å². The van der Waals surface area contributed by atoms with Gasteiger partial charge in [-0.3, -0.25) is 9.59 Å². The summed E-state index contributed by atoms with van der Waals surface area (Å²) >= 11 is 6.08. The molecule has 2 N–H and O–H groups in total. The van der Waals surface area contributed by atoms with Crippen molar-refractivity contribution in [2.45, 2.75) is 13.0 Å². The van der Waals surface area contributed by atoms with E-state index in [1.807, 2.05) is 18.2 Å². The number of hydrogen-bond donors (Lipinski definition) is 2. The third-order valence-electron chi connectivity index (χ3n) is 4.25. The van der Waals surface area contributed by atoms with Crippen molar-refractivity contribution in [1.29, 1.82) is 0 Å². The molecule has 5 nitrogen and oxygen atoms in total. The van der Waals surface area contributed by atoms with Crippen LogP contribution in [0.4, 0.5) is 10.1 Å². The fraction of sp³-hybridized carbons (Fsp3) is 0.263. The number of hydrogen-bond acceptors (Lipinski definition) is 3. The van der Waals surface area contributed by atoms with Gasteiger partial charge in [0.15, 0.2) is 0 Å². The minimum Gasteiger partial charge on any atom is -0.329 e. The lowest BCUT2D eigenvalue weighted by molar-refractivity contribution is -0.114. The first kappa shape index (κ1) is 18.4. The second-order valence-electron chi connectivity index (χ2n) is 6.15. The molecule has 2 aromatic carbocycles. The van der Waals surface area contributed by atoms with Gasteiger partial charge in [-0.15, -0.1) is 0 Å². The van der Waals surface area contributed by atoms with Gasteiger partial charge in [-0.2, -0.15) is 0 Å².